The molecule has 3 amide bonds. The maximum absolute atomic E-state index is 14.5. The number of carbonyl (C=O) groups is 3. The summed E-state index contributed by atoms with van der Waals surface area (Å²) >= 11 is 0. The van der Waals surface area contributed by atoms with Crippen LogP contribution in [0.5, 0.6) is 5.75 Å². The summed E-state index contributed by atoms with van der Waals surface area (Å²) in [5, 5.41) is 4.51. The fourth-order valence-electron chi connectivity index (χ4n) is 7.38. The summed E-state index contributed by atoms with van der Waals surface area (Å²) in [7, 11) is 0. The van der Waals surface area contributed by atoms with Crippen LogP contribution in [0.25, 0.3) is 0 Å². The van der Waals surface area contributed by atoms with Crippen molar-refractivity contribution in [2.75, 3.05) is 11.5 Å². The first-order chi connectivity index (χ1) is 21.5. The quantitative estimate of drug-likeness (QED) is 0.154. The molecule has 8 rings (SSSR count). The fraction of sp³-hybridized carbons (Fsp3) is 0.243. The Labute approximate surface area is 256 Å². The van der Waals surface area contributed by atoms with E-state index in [-0.39, 0.29) is 30.1 Å². The Kier molecular flexibility index (Phi) is 7.09. The van der Waals surface area contributed by atoms with Crippen LogP contribution < -0.4 is 15.1 Å². The van der Waals surface area contributed by atoms with Gasteiger partial charge in [0, 0.05) is 18.6 Å². The van der Waals surface area contributed by atoms with Crippen LogP contribution in [0, 0.1) is 11.8 Å². The van der Waals surface area contributed by atoms with E-state index in [1.807, 2.05) is 85.8 Å². The van der Waals surface area contributed by atoms with Gasteiger partial charge in [-0.15, -0.1) is 0 Å². The molecule has 0 saturated carbocycles. The summed E-state index contributed by atoms with van der Waals surface area (Å²) in [5.74, 6) is -1.60. The van der Waals surface area contributed by atoms with Gasteiger partial charge in [0.05, 0.1) is 29.5 Å². The van der Waals surface area contributed by atoms with Crippen molar-refractivity contribution in [1.29, 1.82) is 0 Å². The van der Waals surface area contributed by atoms with Gasteiger partial charge in [-0.05, 0) is 64.9 Å². The van der Waals surface area contributed by atoms with E-state index in [1.54, 1.807) is 30.5 Å². The highest BCUT2D eigenvalue weighted by Gasteiger charge is 2.68. The van der Waals surface area contributed by atoms with E-state index in [1.165, 1.54) is 4.90 Å². The molecule has 0 unspecified atom stereocenters. The molecule has 4 aliphatic rings. The second-order valence-corrected chi connectivity index (χ2v) is 11.7. The Morgan fingerprint density at radius 3 is 2.16 bits per heavy atom. The minimum Gasteiger partial charge on any atom is -0.494 e. The largest absolute Gasteiger partial charge is 0.494 e. The molecule has 2 atom stereocenters. The van der Waals surface area contributed by atoms with Crippen LogP contribution in [0.3, 0.4) is 0 Å². The third kappa shape index (κ3) is 4.34. The molecule has 7 nitrogen and oxygen atoms in total. The molecule has 1 aliphatic heterocycles. The maximum atomic E-state index is 14.5. The van der Waals surface area contributed by atoms with Gasteiger partial charge in [-0.25, -0.2) is 10.3 Å². The van der Waals surface area contributed by atoms with Gasteiger partial charge < -0.3 is 4.74 Å². The van der Waals surface area contributed by atoms with Crippen molar-refractivity contribution in [3.8, 4) is 5.75 Å². The zero-order valence-electron chi connectivity index (χ0n) is 24.5. The summed E-state index contributed by atoms with van der Waals surface area (Å²) in [6.07, 6.45) is 3.46. The number of carbonyl (C=O) groups excluding carboxylic acids is 3. The number of amides is 3. The first kappa shape index (κ1) is 27.8. The third-order valence-electron chi connectivity index (χ3n) is 9.19. The number of nitrogens with zero attached hydrogens (tertiary/aromatic N) is 2. The molecule has 2 bridgehead atoms. The van der Waals surface area contributed by atoms with E-state index in [9.17, 15) is 14.4 Å². The van der Waals surface area contributed by atoms with Gasteiger partial charge in [-0.3, -0.25) is 14.4 Å². The molecule has 0 aromatic heterocycles. The van der Waals surface area contributed by atoms with Gasteiger partial charge in [0.25, 0.3) is 0 Å². The molecule has 44 heavy (non-hydrogen) atoms. The lowest BCUT2D eigenvalue weighted by Gasteiger charge is -2.52. The number of ether oxygens (including phenoxy) is 1. The highest BCUT2D eigenvalue weighted by atomic mass is 16.5. The molecule has 7 heteroatoms. The van der Waals surface area contributed by atoms with E-state index in [0.29, 0.717) is 24.5 Å². The molecule has 0 spiro atoms. The van der Waals surface area contributed by atoms with Crippen molar-refractivity contribution in [2.45, 2.75) is 37.5 Å². The monoisotopic (exact) mass is 583 g/mol. The van der Waals surface area contributed by atoms with Gasteiger partial charge >= 0.3 is 0 Å². The average molecular weight is 584 g/mol. The lowest BCUT2D eigenvalue weighted by Crippen LogP contribution is -2.54. The van der Waals surface area contributed by atoms with Crippen LogP contribution >= 0.6 is 0 Å². The highest BCUT2D eigenvalue weighted by Crippen LogP contribution is 2.63. The van der Waals surface area contributed by atoms with Crippen molar-refractivity contribution < 1.29 is 19.1 Å². The fourth-order valence-corrected chi connectivity index (χ4v) is 7.38. The Morgan fingerprint density at radius 1 is 0.864 bits per heavy atom. The Bertz CT molecular complexity index is 1720. The van der Waals surface area contributed by atoms with Gasteiger partial charge in [0.1, 0.15) is 5.75 Å². The average Bonchev–Trinajstić information content (AvgIpc) is 3.34. The number of imide groups is 1. The van der Waals surface area contributed by atoms with Crippen molar-refractivity contribution in [2.24, 2.45) is 16.9 Å². The summed E-state index contributed by atoms with van der Waals surface area (Å²) < 4.78 is 5.73. The summed E-state index contributed by atoms with van der Waals surface area (Å²) in [6.45, 7) is 2.63. The van der Waals surface area contributed by atoms with Crippen LogP contribution in [0.2, 0.25) is 0 Å². The second kappa shape index (κ2) is 11.2. The van der Waals surface area contributed by atoms with Gasteiger partial charge in [-0.2, -0.15) is 5.10 Å². The van der Waals surface area contributed by atoms with Crippen LogP contribution in [0.4, 0.5) is 5.69 Å². The van der Waals surface area contributed by atoms with Crippen molar-refractivity contribution >= 4 is 29.6 Å². The summed E-state index contributed by atoms with van der Waals surface area (Å²) in [6, 6.07) is 33.0. The molecule has 1 fully saturated rings. The van der Waals surface area contributed by atoms with Crippen molar-refractivity contribution in [1.82, 2.24) is 5.43 Å². The van der Waals surface area contributed by atoms with Crippen molar-refractivity contribution in [3.63, 3.8) is 0 Å². The first-order valence-corrected chi connectivity index (χ1v) is 15.2. The minimum atomic E-state index is -1.04. The van der Waals surface area contributed by atoms with E-state index in [0.717, 1.165) is 34.2 Å². The van der Waals surface area contributed by atoms with E-state index in [4.69, 9.17) is 4.74 Å². The smallest absolute Gasteiger partial charge is 0.240 e. The van der Waals surface area contributed by atoms with E-state index in [2.05, 4.69) is 10.5 Å². The summed E-state index contributed by atoms with van der Waals surface area (Å²) in [5.41, 5.74) is 7.19. The number of anilines is 1. The molecule has 1 saturated heterocycles. The molecule has 0 radical (unpaired) electrons. The summed E-state index contributed by atoms with van der Waals surface area (Å²) in [4.78, 5) is 43.0. The predicted octanol–water partition coefficient (Wildman–Crippen LogP) is 5.76. The standard InChI is InChI=1S/C37H33N3O4/c1-2-22-44-26-19-17-25(18-20-26)40-35(42)33-32-27-12-6-8-14-29(27)37(34(33)36(40)43,30-15-9-7-13-28(30)32)23-38-39-31(41)21-16-24-10-4-3-5-11-24/h3-15,17-20,23,32-34H,2,16,21-22H2,1H3,(H,39,41)/b38-23-/t32?,33-,34-,37?/m0/s1. The molecular formula is C37H33N3O4. The van der Waals surface area contributed by atoms with Crippen LogP contribution in [0.1, 0.15) is 53.5 Å². The number of rotatable bonds is 9. The molecule has 3 aliphatic carbocycles. The number of hydrogen-bond acceptors (Lipinski definition) is 5. The number of benzene rings is 4. The Hall–Kier alpha value is -5.04. The lowest BCUT2D eigenvalue weighted by molar-refractivity contribution is -0.123. The molecule has 220 valence electrons. The number of hydrogen-bond donors (Lipinski definition) is 1. The Balaban J connectivity index is 1.28. The highest BCUT2D eigenvalue weighted by molar-refractivity contribution is 6.25. The van der Waals surface area contributed by atoms with Crippen LogP contribution in [-0.4, -0.2) is 30.5 Å². The predicted molar refractivity (Wildman–Crippen MR) is 169 cm³/mol. The zero-order chi connectivity index (χ0) is 30.3. The topological polar surface area (TPSA) is 88.1 Å². The SMILES string of the molecule is CCCOc1ccc(N2C(=O)[C@@H]3[C@@H](C2=O)C2c4ccccc4C3(/C=N\NC(=O)CCc3ccccc3)c3ccccc32)cc1. The first-order valence-electron chi connectivity index (χ1n) is 15.2. The number of aryl methyl sites for hydroxylation is 1. The second-order valence-electron chi connectivity index (χ2n) is 11.7. The van der Waals surface area contributed by atoms with Crippen molar-refractivity contribution in [3.05, 3.63) is 131 Å². The third-order valence-corrected chi connectivity index (χ3v) is 9.19. The molecule has 4 aromatic rings. The molecule has 1 heterocycles. The maximum Gasteiger partial charge on any atom is 0.240 e. The molecule has 1 N–H and O–H groups in total. The zero-order valence-corrected chi connectivity index (χ0v) is 24.5. The molecule has 4 aromatic carbocycles. The van der Waals surface area contributed by atoms with Gasteiger partial charge in [0.15, 0.2) is 0 Å². The molecular weight excluding hydrogens is 550 g/mol. The lowest BCUT2D eigenvalue weighted by atomic mass is 9.47. The van der Waals surface area contributed by atoms with Crippen LogP contribution in [0.15, 0.2) is 108 Å². The van der Waals surface area contributed by atoms with Crippen LogP contribution in [-0.2, 0) is 26.2 Å². The Morgan fingerprint density at radius 2 is 1.50 bits per heavy atom. The van der Waals surface area contributed by atoms with Gasteiger partial charge in [-0.1, -0.05) is 85.8 Å². The van der Waals surface area contributed by atoms with Gasteiger partial charge in [0.2, 0.25) is 17.7 Å². The number of nitrogens with one attached hydrogen (secondary N) is 1. The minimum absolute atomic E-state index is 0.218. The van der Waals surface area contributed by atoms with E-state index < -0.39 is 17.3 Å². The normalized spacial score (nSPS) is 22.9. The number of hydrazone groups is 1. The van der Waals surface area contributed by atoms with E-state index >= 15 is 0 Å².